The third-order valence-electron chi connectivity index (χ3n) is 7.67. The Balaban J connectivity index is 1.39. The maximum absolute atomic E-state index is 13.3. The molecule has 1 fully saturated rings. The topological polar surface area (TPSA) is 96.2 Å². The number of nitrogens with zero attached hydrogens (tertiary/aromatic N) is 2. The highest BCUT2D eigenvalue weighted by molar-refractivity contribution is 6.42. The van der Waals surface area contributed by atoms with E-state index in [0.29, 0.717) is 32.6 Å². The molecule has 0 bridgehead atoms. The van der Waals surface area contributed by atoms with Crippen molar-refractivity contribution in [3.05, 3.63) is 99.2 Å². The number of rotatable bonds is 6. The Kier molecular flexibility index (Phi) is 8.62. The molecule has 9 heteroatoms. The van der Waals surface area contributed by atoms with Crippen molar-refractivity contribution in [2.75, 3.05) is 5.32 Å². The van der Waals surface area contributed by atoms with E-state index in [0.717, 1.165) is 42.5 Å². The lowest BCUT2D eigenvalue weighted by Gasteiger charge is -2.19. The van der Waals surface area contributed by atoms with Crippen LogP contribution >= 0.6 is 23.2 Å². The first kappa shape index (κ1) is 29.7. The molecule has 2 amide bonds. The van der Waals surface area contributed by atoms with E-state index in [1.807, 2.05) is 30.3 Å². The average Bonchev–Trinajstić information content (AvgIpc) is 3.65. The van der Waals surface area contributed by atoms with Gasteiger partial charge >= 0.3 is 6.03 Å². The van der Waals surface area contributed by atoms with E-state index in [1.165, 1.54) is 10.7 Å². The van der Waals surface area contributed by atoms with Crippen molar-refractivity contribution < 1.29 is 14.7 Å². The van der Waals surface area contributed by atoms with Crippen LogP contribution in [0.5, 0.6) is 5.75 Å². The zero-order valence-electron chi connectivity index (χ0n) is 23.9. The Bertz CT molecular complexity index is 1620. The molecule has 0 unspecified atom stereocenters. The van der Waals surface area contributed by atoms with Gasteiger partial charge in [0.2, 0.25) is 0 Å². The summed E-state index contributed by atoms with van der Waals surface area (Å²) in [4.78, 5) is 26.3. The van der Waals surface area contributed by atoms with Gasteiger partial charge in [-0.05, 0) is 77.9 Å². The lowest BCUT2D eigenvalue weighted by Crippen LogP contribution is -2.30. The lowest BCUT2D eigenvalue weighted by atomic mass is 9.87. The highest BCUT2D eigenvalue weighted by Crippen LogP contribution is 2.38. The number of nitrogens with one attached hydrogen (secondary N) is 2. The Hall–Kier alpha value is -3.81. The maximum Gasteiger partial charge on any atom is 0.342 e. The van der Waals surface area contributed by atoms with Crippen LogP contribution < -0.4 is 10.6 Å². The average molecular weight is 606 g/mol. The number of aromatic nitrogens is 2. The number of hydrogen-bond donors (Lipinski definition) is 3. The molecular formula is C33H34Cl2N4O3. The van der Waals surface area contributed by atoms with Gasteiger partial charge in [0.1, 0.15) is 5.75 Å². The van der Waals surface area contributed by atoms with Crippen LogP contribution in [0.1, 0.15) is 79.6 Å². The molecule has 42 heavy (non-hydrogen) atoms. The number of phenols is 1. The van der Waals surface area contributed by atoms with Crippen molar-refractivity contribution >= 4 is 40.8 Å². The molecule has 1 aliphatic carbocycles. The molecule has 1 heterocycles. The summed E-state index contributed by atoms with van der Waals surface area (Å²) in [6, 6.07) is 19.1. The Labute approximate surface area is 255 Å². The van der Waals surface area contributed by atoms with Crippen molar-refractivity contribution in [3.63, 3.8) is 0 Å². The number of carbonyl (C=O) groups excluding carboxylic acids is 2. The summed E-state index contributed by atoms with van der Waals surface area (Å²) in [6.07, 6.45) is 4.09. The smallest absolute Gasteiger partial charge is 0.342 e. The van der Waals surface area contributed by atoms with Gasteiger partial charge in [0, 0.05) is 29.3 Å². The standard InChI is InChI=1S/C33H34Cl2N4O3/c1-33(2,3)23-11-9-22(10-12-23)31(41)37-24-13-15-30(40)25(17-24)28-18-29(21-6-4-5-7-21)39(38-28)32(42)36-19-20-8-14-26(34)27(35)16-20/h8-18,21,40H,4-7,19H2,1-3H3,(H,36,42)(H,37,41). The fourth-order valence-electron chi connectivity index (χ4n) is 5.25. The van der Waals surface area contributed by atoms with Crippen LogP contribution in [0, 0.1) is 0 Å². The number of halogens is 2. The highest BCUT2D eigenvalue weighted by atomic mass is 35.5. The van der Waals surface area contributed by atoms with Crippen LogP contribution in [0.3, 0.4) is 0 Å². The number of benzene rings is 3. The normalized spacial score (nSPS) is 13.7. The third kappa shape index (κ3) is 6.63. The van der Waals surface area contributed by atoms with Crippen LogP contribution in [0.15, 0.2) is 66.7 Å². The number of carbonyl (C=O) groups is 2. The first-order valence-corrected chi connectivity index (χ1v) is 14.8. The van der Waals surface area contributed by atoms with Gasteiger partial charge in [-0.3, -0.25) is 4.79 Å². The molecule has 0 aliphatic heterocycles. The minimum atomic E-state index is -0.378. The van der Waals surface area contributed by atoms with Crippen LogP contribution in [0.25, 0.3) is 11.3 Å². The number of aromatic hydroxyl groups is 1. The summed E-state index contributed by atoms with van der Waals surface area (Å²) in [5, 5.41) is 22.1. The molecular weight excluding hydrogens is 571 g/mol. The van der Waals surface area contributed by atoms with E-state index >= 15 is 0 Å². The molecule has 0 spiro atoms. The summed E-state index contributed by atoms with van der Waals surface area (Å²) >= 11 is 12.2. The molecule has 0 atom stereocenters. The molecule has 1 aliphatic rings. The Morgan fingerprint density at radius 1 is 0.952 bits per heavy atom. The van der Waals surface area contributed by atoms with Gasteiger partial charge in [0.15, 0.2) is 0 Å². The fourth-order valence-corrected chi connectivity index (χ4v) is 5.57. The SMILES string of the molecule is CC(C)(C)c1ccc(C(=O)Nc2ccc(O)c(-c3cc(C4CCCC4)n(C(=O)NCc4ccc(Cl)c(Cl)c4)n3)c2)cc1. The van der Waals surface area contributed by atoms with Crippen LogP contribution in [0.2, 0.25) is 10.0 Å². The Morgan fingerprint density at radius 3 is 2.33 bits per heavy atom. The lowest BCUT2D eigenvalue weighted by molar-refractivity contribution is 0.102. The van der Waals surface area contributed by atoms with Gasteiger partial charge in [0.05, 0.1) is 21.4 Å². The number of hydrogen-bond acceptors (Lipinski definition) is 4. The minimum absolute atomic E-state index is 0.00126. The second kappa shape index (κ2) is 12.2. The predicted molar refractivity (Wildman–Crippen MR) is 168 cm³/mol. The van der Waals surface area contributed by atoms with Crippen LogP contribution in [0.4, 0.5) is 10.5 Å². The van der Waals surface area contributed by atoms with Gasteiger partial charge in [-0.1, -0.05) is 75.0 Å². The molecule has 5 rings (SSSR count). The zero-order chi connectivity index (χ0) is 30.0. The van der Waals surface area contributed by atoms with Crippen molar-refractivity contribution in [2.45, 2.75) is 64.3 Å². The first-order valence-electron chi connectivity index (χ1n) is 14.1. The molecule has 1 saturated carbocycles. The largest absolute Gasteiger partial charge is 0.507 e. The molecule has 4 aromatic rings. The molecule has 0 radical (unpaired) electrons. The van der Waals surface area contributed by atoms with E-state index in [1.54, 1.807) is 30.3 Å². The van der Waals surface area contributed by atoms with Gasteiger partial charge in [-0.25, -0.2) is 4.79 Å². The molecule has 0 saturated heterocycles. The van der Waals surface area contributed by atoms with Gasteiger partial charge in [-0.15, -0.1) is 0 Å². The van der Waals surface area contributed by atoms with E-state index in [2.05, 4.69) is 36.5 Å². The van der Waals surface area contributed by atoms with E-state index < -0.39 is 0 Å². The minimum Gasteiger partial charge on any atom is -0.507 e. The van der Waals surface area contributed by atoms with Crippen LogP contribution in [-0.4, -0.2) is 26.8 Å². The monoisotopic (exact) mass is 604 g/mol. The zero-order valence-corrected chi connectivity index (χ0v) is 25.4. The molecule has 218 valence electrons. The maximum atomic E-state index is 13.3. The summed E-state index contributed by atoms with van der Waals surface area (Å²) in [5.41, 5.74) is 4.64. The quantitative estimate of drug-likeness (QED) is 0.192. The summed E-state index contributed by atoms with van der Waals surface area (Å²) in [6.45, 7) is 6.62. The van der Waals surface area contributed by atoms with Crippen molar-refractivity contribution in [2.24, 2.45) is 0 Å². The van der Waals surface area contributed by atoms with Gasteiger partial charge in [-0.2, -0.15) is 9.78 Å². The van der Waals surface area contributed by atoms with Crippen molar-refractivity contribution in [1.29, 1.82) is 0 Å². The second-order valence-corrected chi connectivity index (χ2v) is 12.6. The molecule has 1 aromatic heterocycles. The van der Waals surface area contributed by atoms with Gasteiger partial charge in [0.25, 0.3) is 5.91 Å². The summed E-state index contributed by atoms with van der Waals surface area (Å²) in [7, 11) is 0. The van der Waals surface area contributed by atoms with Crippen molar-refractivity contribution in [1.82, 2.24) is 15.1 Å². The van der Waals surface area contributed by atoms with E-state index in [9.17, 15) is 14.7 Å². The molecule has 7 nitrogen and oxygen atoms in total. The predicted octanol–water partition coefficient (Wildman–Crippen LogP) is 8.53. The highest BCUT2D eigenvalue weighted by Gasteiger charge is 2.26. The summed E-state index contributed by atoms with van der Waals surface area (Å²) < 4.78 is 1.39. The van der Waals surface area contributed by atoms with E-state index in [4.69, 9.17) is 23.2 Å². The number of amides is 2. The summed E-state index contributed by atoms with van der Waals surface area (Å²) in [5.74, 6) is -0.0737. The number of anilines is 1. The van der Waals surface area contributed by atoms with Gasteiger partial charge < -0.3 is 15.7 Å². The second-order valence-electron chi connectivity index (χ2n) is 11.8. The molecule has 3 aromatic carbocycles. The van der Waals surface area contributed by atoms with Crippen LogP contribution in [-0.2, 0) is 12.0 Å². The van der Waals surface area contributed by atoms with E-state index in [-0.39, 0.29) is 35.6 Å². The Morgan fingerprint density at radius 2 is 1.67 bits per heavy atom. The first-order chi connectivity index (χ1) is 20.0. The number of phenolic OH excluding ortho intramolecular Hbond substituents is 1. The molecule has 3 N–H and O–H groups in total. The fraction of sp³-hybridized carbons (Fsp3) is 0.303. The van der Waals surface area contributed by atoms with Crippen molar-refractivity contribution in [3.8, 4) is 17.0 Å². The third-order valence-corrected chi connectivity index (χ3v) is 8.41.